The Kier molecular flexibility index (Phi) is 2.76. The maximum absolute atomic E-state index is 12.1. The van der Waals surface area contributed by atoms with Crippen LogP contribution in [0.2, 0.25) is 0 Å². The van der Waals surface area contributed by atoms with E-state index in [9.17, 15) is 9.59 Å². The van der Waals surface area contributed by atoms with Crippen molar-refractivity contribution in [1.82, 2.24) is 9.27 Å². The lowest BCUT2D eigenvalue weighted by molar-refractivity contribution is 0.0641. The molecule has 6 heteroatoms. The second-order valence-corrected chi connectivity index (χ2v) is 6.05. The van der Waals surface area contributed by atoms with Crippen LogP contribution in [-0.2, 0) is 6.54 Å². The molecule has 2 amide bonds. The smallest absolute Gasteiger partial charge is 0.261 e. The third-order valence-electron chi connectivity index (χ3n) is 2.73. The van der Waals surface area contributed by atoms with Gasteiger partial charge >= 0.3 is 0 Å². The average Bonchev–Trinajstić information content (AvgIpc) is 2.88. The zero-order valence-electron chi connectivity index (χ0n) is 9.09. The molecule has 1 aromatic heterocycles. The van der Waals surface area contributed by atoms with E-state index in [1.165, 1.54) is 16.4 Å². The van der Waals surface area contributed by atoms with Crippen LogP contribution in [0.4, 0.5) is 0 Å². The molecule has 3 rings (SSSR count). The van der Waals surface area contributed by atoms with Gasteiger partial charge in [0.1, 0.15) is 0 Å². The van der Waals surface area contributed by atoms with Crippen LogP contribution in [0, 0.1) is 0 Å². The zero-order valence-corrected chi connectivity index (χ0v) is 11.5. The average molecular weight is 323 g/mol. The molecule has 0 spiro atoms. The monoisotopic (exact) mass is 322 g/mol. The molecule has 0 saturated heterocycles. The molecule has 90 valence electrons. The summed E-state index contributed by atoms with van der Waals surface area (Å²) in [7, 11) is 0. The quantitative estimate of drug-likeness (QED) is 0.799. The van der Waals surface area contributed by atoms with Crippen molar-refractivity contribution in [3.05, 3.63) is 50.9 Å². The maximum atomic E-state index is 12.1. The number of fused-ring (bicyclic) bond motifs is 1. The van der Waals surface area contributed by atoms with Gasteiger partial charge in [0.25, 0.3) is 11.8 Å². The number of hydrogen-bond donors (Lipinski definition) is 0. The largest absolute Gasteiger partial charge is 0.269 e. The first kappa shape index (κ1) is 11.6. The molecule has 1 aliphatic rings. The second kappa shape index (κ2) is 4.29. The molecule has 2 heterocycles. The lowest BCUT2D eigenvalue weighted by Gasteiger charge is -2.11. The van der Waals surface area contributed by atoms with Gasteiger partial charge in [0.15, 0.2) is 0 Å². The maximum Gasteiger partial charge on any atom is 0.261 e. The van der Waals surface area contributed by atoms with Crippen molar-refractivity contribution in [1.29, 1.82) is 0 Å². The fraction of sp³-hybridized carbons (Fsp3) is 0.0833. The molecule has 0 unspecified atom stereocenters. The van der Waals surface area contributed by atoms with Crippen molar-refractivity contribution in [2.75, 3.05) is 0 Å². The molecule has 0 N–H and O–H groups in total. The lowest BCUT2D eigenvalue weighted by Crippen LogP contribution is -2.29. The van der Waals surface area contributed by atoms with Crippen molar-refractivity contribution in [3.63, 3.8) is 0 Å². The SMILES string of the molecule is O=C1c2ccccc2C(=O)N1Cc1cc(Br)sn1. The number of imide groups is 1. The summed E-state index contributed by atoms with van der Waals surface area (Å²) in [5, 5.41) is 0. The van der Waals surface area contributed by atoms with E-state index in [1.807, 2.05) is 6.07 Å². The van der Waals surface area contributed by atoms with E-state index in [0.29, 0.717) is 16.8 Å². The molecule has 0 radical (unpaired) electrons. The topological polar surface area (TPSA) is 50.3 Å². The first-order chi connectivity index (χ1) is 8.66. The Morgan fingerprint density at radius 2 is 1.78 bits per heavy atom. The number of amides is 2. The molecule has 1 aliphatic heterocycles. The van der Waals surface area contributed by atoms with E-state index in [-0.39, 0.29) is 18.4 Å². The van der Waals surface area contributed by atoms with E-state index in [4.69, 9.17) is 0 Å². The molecule has 0 saturated carbocycles. The van der Waals surface area contributed by atoms with Crippen molar-refractivity contribution in [2.24, 2.45) is 0 Å². The number of aromatic nitrogens is 1. The molecule has 0 fully saturated rings. The molecule has 18 heavy (non-hydrogen) atoms. The summed E-state index contributed by atoms with van der Waals surface area (Å²) < 4.78 is 5.04. The predicted octanol–water partition coefficient (Wildman–Crippen LogP) is 2.70. The minimum absolute atomic E-state index is 0.217. The normalized spacial score (nSPS) is 14.2. The third kappa shape index (κ3) is 1.77. The van der Waals surface area contributed by atoms with Crippen molar-refractivity contribution in [2.45, 2.75) is 6.54 Å². The summed E-state index contributed by atoms with van der Waals surface area (Å²) in [6, 6.07) is 8.67. The Morgan fingerprint density at radius 1 is 1.17 bits per heavy atom. The van der Waals surface area contributed by atoms with Gasteiger partial charge in [-0.25, -0.2) is 0 Å². The highest BCUT2D eigenvalue weighted by Crippen LogP contribution is 2.25. The van der Waals surface area contributed by atoms with Gasteiger partial charge in [-0.2, -0.15) is 4.37 Å². The summed E-state index contributed by atoms with van der Waals surface area (Å²) in [6.45, 7) is 0.217. The third-order valence-corrected chi connectivity index (χ3v) is 4.01. The number of halogens is 1. The second-order valence-electron chi connectivity index (χ2n) is 3.86. The molecular weight excluding hydrogens is 316 g/mol. The van der Waals surface area contributed by atoms with Crippen LogP contribution in [0.1, 0.15) is 26.4 Å². The van der Waals surface area contributed by atoms with Crippen LogP contribution in [0.25, 0.3) is 0 Å². The van der Waals surface area contributed by atoms with Gasteiger partial charge in [0, 0.05) is 0 Å². The number of hydrogen-bond acceptors (Lipinski definition) is 4. The fourth-order valence-electron chi connectivity index (χ4n) is 1.91. The number of nitrogens with zero attached hydrogens (tertiary/aromatic N) is 2. The van der Waals surface area contributed by atoms with Crippen LogP contribution < -0.4 is 0 Å². The van der Waals surface area contributed by atoms with E-state index >= 15 is 0 Å². The van der Waals surface area contributed by atoms with Crippen molar-refractivity contribution >= 4 is 39.3 Å². The summed E-state index contributed by atoms with van der Waals surface area (Å²) in [5.41, 5.74) is 1.65. The van der Waals surface area contributed by atoms with Gasteiger partial charge in [-0.1, -0.05) is 12.1 Å². The first-order valence-corrected chi connectivity index (χ1v) is 6.80. The minimum Gasteiger partial charge on any atom is -0.269 e. The van der Waals surface area contributed by atoms with Crippen LogP contribution >= 0.6 is 27.5 Å². The Bertz CT molecular complexity index is 618. The molecule has 0 bridgehead atoms. The summed E-state index contributed by atoms with van der Waals surface area (Å²) >= 11 is 4.60. The highest BCUT2D eigenvalue weighted by molar-refractivity contribution is 9.11. The standard InChI is InChI=1S/C12H7BrN2O2S/c13-10-5-7(14-18-10)6-15-11(16)8-3-1-2-4-9(8)12(15)17/h1-5H,6H2. The number of rotatable bonds is 2. The molecule has 0 atom stereocenters. The van der Waals surface area contributed by atoms with Gasteiger partial charge in [-0.15, -0.1) is 0 Å². The van der Waals surface area contributed by atoms with Gasteiger partial charge in [0.05, 0.1) is 27.2 Å². The number of carbonyl (C=O) groups excluding carboxylic acids is 2. The predicted molar refractivity (Wildman–Crippen MR) is 70.5 cm³/mol. The number of carbonyl (C=O) groups is 2. The van der Waals surface area contributed by atoms with Crippen LogP contribution in [0.5, 0.6) is 0 Å². The van der Waals surface area contributed by atoms with E-state index in [1.54, 1.807) is 24.3 Å². The lowest BCUT2D eigenvalue weighted by atomic mass is 10.1. The summed E-state index contributed by atoms with van der Waals surface area (Å²) in [5.74, 6) is -0.501. The van der Waals surface area contributed by atoms with E-state index < -0.39 is 0 Å². The van der Waals surface area contributed by atoms with Crippen LogP contribution in [0.3, 0.4) is 0 Å². The summed E-state index contributed by atoms with van der Waals surface area (Å²) in [4.78, 5) is 25.4. The highest BCUT2D eigenvalue weighted by atomic mass is 79.9. The van der Waals surface area contributed by atoms with Gasteiger partial charge in [-0.3, -0.25) is 14.5 Å². The van der Waals surface area contributed by atoms with Crippen LogP contribution in [0.15, 0.2) is 34.1 Å². The van der Waals surface area contributed by atoms with Gasteiger partial charge < -0.3 is 0 Å². The Morgan fingerprint density at radius 3 is 2.28 bits per heavy atom. The molecular formula is C12H7BrN2O2S. The Balaban J connectivity index is 1.92. The van der Waals surface area contributed by atoms with Crippen molar-refractivity contribution in [3.8, 4) is 0 Å². The highest BCUT2D eigenvalue weighted by Gasteiger charge is 2.35. The fourth-order valence-corrected chi connectivity index (χ4v) is 2.89. The van der Waals surface area contributed by atoms with Crippen molar-refractivity contribution < 1.29 is 9.59 Å². The summed E-state index contributed by atoms with van der Waals surface area (Å²) in [6.07, 6.45) is 0. The molecule has 1 aromatic carbocycles. The van der Waals surface area contributed by atoms with E-state index in [2.05, 4.69) is 20.3 Å². The Hall–Kier alpha value is -1.53. The Labute approximate surface area is 116 Å². The number of benzene rings is 1. The minimum atomic E-state index is -0.250. The zero-order chi connectivity index (χ0) is 12.7. The first-order valence-electron chi connectivity index (χ1n) is 5.23. The van der Waals surface area contributed by atoms with Crippen LogP contribution in [-0.4, -0.2) is 21.1 Å². The molecule has 4 nitrogen and oxygen atoms in total. The molecule has 2 aromatic rings. The van der Waals surface area contributed by atoms with Gasteiger partial charge in [0.2, 0.25) is 0 Å². The molecule has 0 aliphatic carbocycles. The van der Waals surface area contributed by atoms with Gasteiger partial charge in [-0.05, 0) is 45.7 Å². The van der Waals surface area contributed by atoms with E-state index in [0.717, 1.165) is 3.79 Å².